The Morgan fingerprint density at radius 1 is 1.26 bits per heavy atom. The minimum absolute atomic E-state index is 0.0317. The van der Waals surface area contributed by atoms with Crippen molar-refractivity contribution >= 4 is 21.9 Å². The summed E-state index contributed by atoms with van der Waals surface area (Å²) in [6.45, 7) is 4.20. The van der Waals surface area contributed by atoms with Crippen LogP contribution in [0.1, 0.15) is 13.8 Å². The Bertz CT molecular complexity index is 519. The Labute approximate surface area is 112 Å². The second kappa shape index (κ2) is 6.48. The summed E-state index contributed by atoms with van der Waals surface area (Å²) in [4.78, 5) is 11.7. The van der Waals surface area contributed by atoms with Crippen molar-refractivity contribution in [2.24, 2.45) is 0 Å². The fourth-order valence-corrected chi connectivity index (χ4v) is 1.60. The van der Waals surface area contributed by atoms with E-state index in [1.54, 1.807) is 0 Å². The van der Waals surface area contributed by atoms with Gasteiger partial charge in [0.2, 0.25) is 21.9 Å². The number of aromatic nitrogens is 3. The molecule has 0 radical (unpaired) electrons. The summed E-state index contributed by atoms with van der Waals surface area (Å²) in [5.41, 5.74) is 5.51. The Hall–Kier alpha value is -1.68. The normalized spacial score (nSPS) is 11.6. The standard InChI is InChI=1S/C9H18N6O3S/c1-6(2)18-9-14-7(10)13-8(15-9)11-4-5-12-19(3,16)17/h6,12H,4-5H2,1-3H3,(H3,10,11,13,14,15). The van der Waals surface area contributed by atoms with Crippen molar-refractivity contribution in [3.63, 3.8) is 0 Å². The number of rotatable bonds is 7. The maximum Gasteiger partial charge on any atom is 0.323 e. The van der Waals surface area contributed by atoms with Gasteiger partial charge in [0, 0.05) is 13.1 Å². The van der Waals surface area contributed by atoms with Crippen molar-refractivity contribution in [3.8, 4) is 6.01 Å². The lowest BCUT2D eigenvalue weighted by Gasteiger charge is -2.10. The number of anilines is 2. The number of nitrogens with zero attached hydrogens (tertiary/aromatic N) is 3. The molecule has 0 saturated heterocycles. The van der Waals surface area contributed by atoms with E-state index in [2.05, 4.69) is 25.0 Å². The third kappa shape index (κ3) is 6.72. The van der Waals surface area contributed by atoms with Gasteiger partial charge in [0.1, 0.15) is 0 Å². The number of nitrogen functional groups attached to an aromatic ring is 1. The lowest BCUT2D eigenvalue weighted by atomic mass is 10.5. The van der Waals surface area contributed by atoms with Crippen molar-refractivity contribution < 1.29 is 13.2 Å². The molecule has 0 unspecified atom stereocenters. The molecule has 0 aliphatic carbocycles. The van der Waals surface area contributed by atoms with Gasteiger partial charge in [-0.3, -0.25) is 0 Å². The van der Waals surface area contributed by atoms with Gasteiger partial charge in [0.05, 0.1) is 12.4 Å². The Balaban J connectivity index is 2.56. The molecule has 4 N–H and O–H groups in total. The van der Waals surface area contributed by atoms with E-state index in [0.717, 1.165) is 6.26 Å². The molecule has 0 bridgehead atoms. The molecule has 9 nitrogen and oxygen atoms in total. The molecule has 0 atom stereocenters. The van der Waals surface area contributed by atoms with E-state index < -0.39 is 10.0 Å². The molecular weight excluding hydrogens is 272 g/mol. The Kier molecular flexibility index (Phi) is 5.24. The molecule has 108 valence electrons. The second-order valence-electron chi connectivity index (χ2n) is 4.06. The zero-order chi connectivity index (χ0) is 14.5. The first kappa shape index (κ1) is 15.4. The summed E-state index contributed by atoms with van der Waals surface area (Å²) < 4.78 is 29.3. The molecule has 1 aromatic heterocycles. The van der Waals surface area contributed by atoms with Crippen molar-refractivity contribution in [2.45, 2.75) is 20.0 Å². The van der Waals surface area contributed by atoms with Gasteiger partial charge in [0.15, 0.2) is 0 Å². The molecule has 1 heterocycles. The van der Waals surface area contributed by atoms with Crippen LogP contribution in [0.15, 0.2) is 0 Å². The number of hydrogen-bond donors (Lipinski definition) is 3. The maximum absolute atomic E-state index is 10.9. The number of nitrogens with one attached hydrogen (secondary N) is 2. The fraction of sp³-hybridized carbons (Fsp3) is 0.667. The molecule has 0 aromatic carbocycles. The summed E-state index contributed by atoms with van der Waals surface area (Å²) in [7, 11) is -3.20. The van der Waals surface area contributed by atoms with Gasteiger partial charge in [-0.15, -0.1) is 0 Å². The molecule has 0 fully saturated rings. The van der Waals surface area contributed by atoms with Gasteiger partial charge in [-0.2, -0.15) is 15.0 Å². The van der Waals surface area contributed by atoms with Crippen LogP contribution in [-0.4, -0.2) is 48.8 Å². The molecule has 0 spiro atoms. The van der Waals surface area contributed by atoms with E-state index in [1.165, 1.54) is 0 Å². The smallest absolute Gasteiger partial charge is 0.323 e. The van der Waals surface area contributed by atoms with Crippen LogP contribution < -0.4 is 20.5 Å². The maximum atomic E-state index is 10.9. The number of ether oxygens (including phenoxy) is 1. The minimum Gasteiger partial charge on any atom is -0.461 e. The first-order chi connectivity index (χ1) is 8.76. The fourth-order valence-electron chi connectivity index (χ4n) is 1.13. The largest absolute Gasteiger partial charge is 0.461 e. The molecule has 0 saturated carbocycles. The number of sulfonamides is 1. The van der Waals surface area contributed by atoms with Gasteiger partial charge < -0.3 is 15.8 Å². The van der Waals surface area contributed by atoms with Crippen LogP contribution >= 0.6 is 0 Å². The zero-order valence-electron chi connectivity index (χ0n) is 11.0. The topological polar surface area (TPSA) is 132 Å². The Morgan fingerprint density at radius 3 is 2.53 bits per heavy atom. The van der Waals surface area contributed by atoms with E-state index in [0.29, 0.717) is 6.54 Å². The molecule has 1 aromatic rings. The first-order valence-corrected chi connectivity index (χ1v) is 7.52. The summed E-state index contributed by atoms with van der Waals surface area (Å²) in [6.07, 6.45) is 1.00. The molecule has 0 amide bonds. The molecule has 19 heavy (non-hydrogen) atoms. The van der Waals surface area contributed by atoms with Crippen molar-refractivity contribution in [1.29, 1.82) is 0 Å². The molecule has 0 aliphatic rings. The highest BCUT2D eigenvalue weighted by Crippen LogP contribution is 2.09. The monoisotopic (exact) mass is 290 g/mol. The van der Waals surface area contributed by atoms with Crippen molar-refractivity contribution in [1.82, 2.24) is 19.7 Å². The van der Waals surface area contributed by atoms with Crippen LogP contribution in [0.3, 0.4) is 0 Å². The molecule has 10 heteroatoms. The highest BCUT2D eigenvalue weighted by atomic mass is 32.2. The van der Waals surface area contributed by atoms with E-state index in [9.17, 15) is 8.42 Å². The van der Waals surface area contributed by atoms with E-state index >= 15 is 0 Å². The van der Waals surface area contributed by atoms with Gasteiger partial charge in [-0.05, 0) is 13.8 Å². The number of hydrogen-bond acceptors (Lipinski definition) is 8. The first-order valence-electron chi connectivity index (χ1n) is 5.63. The number of nitrogens with two attached hydrogens (primary N) is 1. The molecule has 0 aliphatic heterocycles. The Morgan fingerprint density at radius 2 is 1.95 bits per heavy atom. The predicted molar refractivity (Wildman–Crippen MR) is 71.3 cm³/mol. The van der Waals surface area contributed by atoms with Crippen molar-refractivity contribution in [2.75, 3.05) is 30.4 Å². The highest BCUT2D eigenvalue weighted by Gasteiger charge is 2.07. The quantitative estimate of drug-likeness (QED) is 0.556. The third-order valence-electron chi connectivity index (χ3n) is 1.75. The van der Waals surface area contributed by atoms with Crippen LogP contribution in [0.5, 0.6) is 6.01 Å². The zero-order valence-corrected chi connectivity index (χ0v) is 11.9. The average Bonchev–Trinajstić information content (AvgIpc) is 2.21. The summed E-state index contributed by atoms with van der Waals surface area (Å²) in [6, 6.07) is 0.126. The summed E-state index contributed by atoms with van der Waals surface area (Å²) in [5.74, 6) is 0.266. The average molecular weight is 290 g/mol. The minimum atomic E-state index is -3.20. The van der Waals surface area contributed by atoms with Gasteiger partial charge in [-0.25, -0.2) is 13.1 Å². The van der Waals surface area contributed by atoms with E-state index in [4.69, 9.17) is 10.5 Å². The lowest BCUT2D eigenvalue weighted by molar-refractivity contribution is 0.222. The third-order valence-corrected chi connectivity index (χ3v) is 2.47. The SMILES string of the molecule is CC(C)Oc1nc(N)nc(NCCNS(C)(=O)=O)n1. The predicted octanol–water partition coefficient (Wildman–Crippen LogP) is -0.798. The second-order valence-corrected chi connectivity index (χ2v) is 5.89. The highest BCUT2D eigenvalue weighted by molar-refractivity contribution is 7.88. The summed E-state index contributed by atoms with van der Waals surface area (Å²) in [5, 5.41) is 2.82. The van der Waals surface area contributed by atoms with Gasteiger partial charge in [-0.1, -0.05) is 0 Å². The summed E-state index contributed by atoms with van der Waals surface area (Å²) >= 11 is 0. The van der Waals surface area contributed by atoms with Gasteiger partial charge in [0.25, 0.3) is 0 Å². The molecule has 1 rings (SSSR count). The molecular formula is C9H18N6O3S. The van der Waals surface area contributed by atoms with Crippen LogP contribution in [-0.2, 0) is 10.0 Å². The van der Waals surface area contributed by atoms with Crippen LogP contribution in [0, 0.1) is 0 Å². The van der Waals surface area contributed by atoms with Crippen LogP contribution in [0.4, 0.5) is 11.9 Å². The van der Waals surface area contributed by atoms with Crippen molar-refractivity contribution in [3.05, 3.63) is 0 Å². The van der Waals surface area contributed by atoms with E-state index in [-0.39, 0.29) is 30.6 Å². The van der Waals surface area contributed by atoms with Crippen LogP contribution in [0.2, 0.25) is 0 Å². The van der Waals surface area contributed by atoms with E-state index in [1.807, 2.05) is 13.8 Å². The van der Waals surface area contributed by atoms with Gasteiger partial charge >= 0.3 is 6.01 Å². The van der Waals surface area contributed by atoms with Crippen LogP contribution in [0.25, 0.3) is 0 Å². The lowest BCUT2D eigenvalue weighted by Crippen LogP contribution is -2.28.